The van der Waals surface area contributed by atoms with Gasteiger partial charge in [-0.3, -0.25) is 9.78 Å². The van der Waals surface area contributed by atoms with Crippen molar-refractivity contribution in [2.45, 2.75) is 70.6 Å². The van der Waals surface area contributed by atoms with Gasteiger partial charge in [0, 0.05) is 41.8 Å². The number of benzene rings is 1. The Morgan fingerprint density at radius 1 is 1.11 bits per heavy atom. The van der Waals surface area contributed by atoms with E-state index in [-0.39, 0.29) is 0 Å². The van der Waals surface area contributed by atoms with Crippen molar-refractivity contribution in [1.82, 2.24) is 15.0 Å². The van der Waals surface area contributed by atoms with Gasteiger partial charge in [0.05, 0.1) is 17.4 Å². The third-order valence-corrected chi connectivity index (χ3v) is 5.66. The van der Waals surface area contributed by atoms with E-state index in [4.69, 9.17) is 4.98 Å². The maximum Gasteiger partial charge on any atom is 0.132 e. The van der Waals surface area contributed by atoms with Crippen LogP contribution in [0.5, 0.6) is 0 Å². The topological polar surface area (TPSA) is 58.6 Å². The molecule has 0 aliphatic heterocycles. The molecule has 0 unspecified atom stereocenters. The van der Waals surface area contributed by atoms with Crippen LogP contribution >= 0.6 is 0 Å². The van der Waals surface area contributed by atoms with Gasteiger partial charge in [0.1, 0.15) is 11.6 Å². The first-order chi connectivity index (χ1) is 13.7. The molecule has 2 aromatic heterocycles. The molecule has 0 saturated heterocycles. The highest BCUT2D eigenvalue weighted by Gasteiger charge is 2.24. The standard InChI is InChI=1S/C24H29N3O/c1-2-20(28)7-5-3-4-6-8-24-25-16-23(27-24)19-12-14-22-18(15-19)11-13-21(26-22)17-9-10-17/h11-17H,2-10H2,1H3,(H,25,27). The first-order valence-electron chi connectivity index (χ1n) is 10.7. The average Bonchev–Trinajstić information content (AvgIpc) is 3.47. The summed E-state index contributed by atoms with van der Waals surface area (Å²) in [7, 11) is 0. The van der Waals surface area contributed by atoms with E-state index in [1.165, 1.54) is 23.9 Å². The van der Waals surface area contributed by atoms with Crippen molar-refractivity contribution in [3.05, 3.63) is 48.0 Å². The Morgan fingerprint density at radius 2 is 1.96 bits per heavy atom. The van der Waals surface area contributed by atoms with E-state index in [0.29, 0.717) is 18.1 Å². The highest BCUT2D eigenvalue weighted by Crippen LogP contribution is 2.39. The number of H-pyrrole nitrogens is 1. The zero-order chi connectivity index (χ0) is 19.3. The number of carbonyl (C=O) groups is 1. The summed E-state index contributed by atoms with van der Waals surface area (Å²) >= 11 is 0. The molecule has 2 heterocycles. The number of pyridine rings is 1. The lowest BCUT2D eigenvalue weighted by atomic mass is 10.1. The summed E-state index contributed by atoms with van der Waals surface area (Å²) in [6.07, 6.45) is 11.3. The number of nitrogens with one attached hydrogen (secondary N) is 1. The summed E-state index contributed by atoms with van der Waals surface area (Å²) in [5.41, 5.74) is 4.54. The second-order valence-electron chi connectivity index (χ2n) is 7.97. The molecule has 4 nitrogen and oxygen atoms in total. The van der Waals surface area contributed by atoms with Gasteiger partial charge < -0.3 is 4.98 Å². The lowest BCUT2D eigenvalue weighted by Gasteiger charge is -2.04. The SMILES string of the molecule is CCC(=O)CCCCCCc1ncc(-c2ccc3nc(C4CC4)ccc3c2)[nH]1. The van der Waals surface area contributed by atoms with E-state index in [9.17, 15) is 4.79 Å². The van der Waals surface area contributed by atoms with Crippen LogP contribution in [-0.2, 0) is 11.2 Å². The Balaban J connectivity index is 1.32. The zero-order valence-electron chi connectivity index (χ0n) is 16.7. The Labute approximate surface area is 166 Å². The van der Waals surface area contributed by atoms with Crippen molar-refractivity contribution < 1.29 is 4.79 Å². The molecule has 0 amide bonds. The van der Waals surface area contributed by atoms with Gasteiger partial charge in [-0.2, -0.15) is 0 Å². The average molecular weight is 376 g/mol. The summed E-state index contributed by atoms with van der Waals surface area (Å²) < 4.78 is 0. The molecule has 4 heteroatoms. The van der Waals surface area contributed by atoms with Crippen molar-refractivity contribution in [3.8, 4) is 11.3 Å². The van der Waals surface area contributed by atoms with Crippen LogP contribution in [0.15, 0.2) is 36.5 Å². The number of unbranched alkanes of at least 4 members (excludes halogenated alkanes) is 3. The van der Waals surface area contributed by atoms with Crippen LogP contribution in [0.25, 0.3) is 22.2 Å². The van der Waals surface area contributed by atoms with Crippen molar-refractivity contribution >= 4 is 16.7 Å². The van der Waals surface area contributed by atoms with E-state index < -0.39 is 0 Å². The number of aromatic amines is 1. The molecule has 3 aromatic rings. The van der Waals surface area contributed by atoms with Gasteiger partial charge in [-0.1, -0.05) is 31.9 Å². The molecule has 4 rings (SSSR count). The second kappa shape index (κ2) is 8.68. The van der Waals surface area contributed by atoms with Gasteiger partial charge in [-0.25, -0.2) is 4.98 Å². The van der Waals surface area contributed by atoms with E-state index in [1.54, 1.807) is 0 Å². The number of aromatic nitrogens is 3. The fraction of sp³-hybridized carbons (Fsp3) is 0.458. The Bertz CT molecular complexity index is 955. The first-order valence-corrected chi connectivity index (χ1v) is 10.7. The molecular weight excluding hydrogens is 346 g/mol. The van der Waals surface area contributed by atoms with Crippen molar-refractivity contribution in [2.24, 2.45) is 0 Å². The smallest absolute Gasteiger partial charge is 0.132 e. The molecule has 1 saturated carbocycles. The molecule has 1 N–H and O–H groups in total. The van der Waals surface area contributed by atoms with Gasteiger partial charge in [0.15, 0.2) is 0 Å². The largest absolute Gasteiger partial charge is 0.342 e. The van der Waals surface area contributed by atoms with E-state index in [2.05, 4.69) is 40.3 Å². The number of hydrogen-bond donors (Lipinski definition) is 1. The molecule has 0 spiro atoms. The molecular formula is C24H29N3O. The van der Waals surface area contributed by atoms with E-state index in [1.807, 2.05) is 13.1 Å². The predicted octanol–water partition coefficient (Wildman–Crippen LogP) is 5.97. The van der Waals surface area contributed by atoms with Crippen LogP contribution in [0.2, 0.25) is 0 Å². The van der Waals surface area contributed by atoms with E-state index in [0.717, 1.165) is 61.1 Å². The fourth-order valence-corrected chi connectivity index (χ4v) is 3.70. The van der Waals surface area contributed by atoms with Gasteiger partial charge >= 0.3 is 0 Å². The Morgan fingerprint density at radius 3 is 2.79 bits per heavy atom. The number of fused-ring (bicyclic) bond motifs is 1. The monoisotopic (exact) mass is 375 g/mol. The summed E-state index contributed by atoms with van der Waals surface area (Å²) in [4.78, 5) is 24.1. The first kappa shape index (κ1) is 18.9. The number of nitrogens with zero attached hydrogens (tertiary/aromatic N) is 2. The second-order valence-corrected chi connectivity index (χ2v) is 7.97. The van der Waals surface area contributed by atoms with Crippen LogP contribution in [0.1, 0.15) is 75.7 Å². The predicted molar refractivity (Wildman–Crippen MR) is 113 cm³/mol. The van der Waals surface area contributed by atoms with Crippen LogP contribution in [0.4, 0.5) is 0 Å². The molecule has 1 aliphatic rings. The maximum atomic E-state index is 11.3. The molecule has 146 valence electrons. The van der Waals surface area contributed by atoms with Gasteiger partial charge in [0.25, 0.3) is 0 Å². The number of ketones is 1. The van der Waals surface area contributed by atoms with E-state index >= 15 is 0 Å². The minimum atomic E-state index is 0.380. The minimum absolute atomic E-state index is 0.380. The summed E-state index contributed by atoms with van der Waals surface area (Å²) in [5, 5.41) is 1.18. The minimum Gasteiger partial charge on any atom is -0.342 e. The molecule has 1 aromatic carbocycles. The number of hydrogen-bond acceptors (Lipinski definition) is 3. The summed E-state index contributed by atoms with van der Waals surface area (Å²) in [6, 6.07) is 10.8. The Hall–Kier alpha value is -2.49. The zero-order valence-corrected chi connectivity index (χ0v) is 16.7. The number of carbonyl (C=O) groups excluding carboxylic acids is 1. The van der Waals surface area contributed by atoms with Crippen LogP contribution in [-0.4, -0.2) is 20.7 Å². The normalized spacial score (nSPS) is 13.9. The Kier molecular flexibility index (Phi) is 5.84. The number of rotatable bonds is 10. The highest BCUT2D eigenvalue weighted by atomic mass is 16.1. The summed E-state index contributed by atoms with van der Waals surface area (Å²) in [6.45, 7) is 1.94. The van der Waals surface area contributed by atoms with Crippen LogP contribution in [0, 0.1) is 0 Å². The number of imidazole rings is 1. The molecule has 0 radical (unpaired) electrons. The van der Waals surface area contributed by atoms with Crippen LogP contribution in [0.3, 0.4) is 0 Å². The lowest BCUT2D eigenvalue weighted by Crippen LogP contribution is -1.94. The van der Waals surface area contributed by atoms with Gasteiger partial charge in [0.2, 0.25) is 0 Å². The quantitative estimate of drug-likeness (QED) is 0.444. The van der Waals surface area contributed by atoms with Crippen molar-refractivity contribution in [3.63, 3.8) is 0 Å². The number of Topliss-reactive ketones (excluding diaryl/α,β-unsaturated/α-hetero) is 1. The molecule has 1 aliphatic carbocycles. The van der Waals surface area contributed by atoms with Gasteiger partial charge in [-0.05, 0) is 43.9 Å². The fourth-order valence-electron chi connectivity index (χ4n) is 3.70. The number of aryl methyl sites for hydroxylation is 1. The highest BCUT2D eigenvalue weighted by molar-refractivity contribution is 5.84. The molecule has 28 heavy (non-hydrogen) atoms. The van der Waals surface area contributed by atoms with Gasteiger partial charge in [-0.15, -0.1) is 0 Å². The van der Waals surface area contributed by atoms with Crippen LogP contribution < -0.4 is 0 Å². The molecule has 1 fully saturated rings. The third kappa shape index (κ3) is 4.67. The summed E-state index contributed by atoms with van der Waals surface area (Å²) in [5.74, 6) is 2.11. The molecule has 0 atom stereocenters. The maximum absolute atomic E-state index is 11.3. The molecule has 0 bridgehead atoms. The van der Waals surface area contributed by atoms with Crippen molar-refractivity contribution in [1.29, 1.82) is 0 Å². The van der Waals surface area contributed by atoms with Crippen molar-refractivity contribution in [2.75, 3.05) is 0 Å². The third-order valence-electron chi connectivity index (χ3n) is 5.66. The lowest BCUT2D eigenvalue weighted by molar-refractivity contribution is -0.118.